The number of hydrogen-bond donors (Lipinski definition) is 0. The number of aromatic nitrogens is 3. The van der Waals surface area contributed by atoms with E-state index in [9.17, 15) is 0 Å². The quantitative estimate of drug-likeness (QED) is 0.775. The highest BCUT2D eigenvalue weighted by molar-refractivity contribution is 9.11. The minimum absolute atomic E-state index is 0.327. The molecule has 2 aromatic rings. The van der Waals surface area contributed by atoms with Gasteiger partial charge < -0.3 is 0 Å². The fourth-order valence-corrected chi connectivity index (χ4v) is 2.82. The lowest BCUT2D eigenvalue weighted by Gasteiger charge is -2.09. The average Bonchev–Trinajstić information content (AvgIpc) is 2.65. The van der Waals surface area contributed by atoms with E-state index in [2.05, 4.69) is 42.1 Å². The second-order valence-corrected chi connectivity index (χ2v) is 4.80. The SMILES string of the molecule is ClCc1nncn1-c1c(Br)cccc1Br. The molecule has 1 heterocycles. The monoisotopic (exact) mass is 349 g/mol. The van der Waals surface area contributed by atoms with Crippen molar-refractivity contribution < 1.29 is 0 Å². The van der Waals surface area contributed by atoms with Crippen LogP contribution >= 0.6 is 43.5 Å². The summed E-state index contributed by atoms with van der Waals surface area (Å²) in [4.78, 5) is 0. The number of rotatable bonds is 2. The molecule has 78 valence electrons. The van der Waals surface area contributed by atoms with Crippen LogP contribution in [-0.4, -0.2) is 14.8 Å². The van der Waals surface area contributed by atoms with E-state index in [-0.39, 0.29) is 0 Å². The first-order valence-corrected chi connectivity index (χ1v) is 6.25. The Morgan fingerprint density at radius 2 is 1.93 bits per heavy atom. The molecule has 0 bridgehead atoms. The maximum Gasteiger partial charge on any atom is 0.152 e. The highest BCUT2D eigenvalue weighted by Crippen LogP contribution is 2.29. The summed E-state index contributed by atoms with van der Waals surface area (Å²) in [5.74, 6) is 1.04. The molecule has 0 N–H and O–H groups in total. The molecule has 0 aliphatic rings. The first-order chi connectivity index (χ1) is 7.24. The van der Waals surface area contributed by atoms with E-state index in [4.69, 9.17) is 11.6 Å². The van der Waals surface area contributed by atoms with E-state index in [0.717, 1.165) is 14.6 Å². The van der Waals surface area contributed by atoms with Gasteiger partial charge in [0.2, 0.25) is 0 Å². The smallest absolute Gasteiger partial charge is 0.152 e. The highest BCUT2D eigenvalue weighted by Gasteiger charge is 2.11. The lowest BCUT2D eigenvalue weighted by molar-refractivity contribution is 0.943. The van der Waals surface area contributed by atoms with Crippen LogP contribution in [-0.2, 0) is 5.88 Å². The molecule has 3 nitrogen and oxygen atoms in total. The third-order valence-electron chi connectivity index (χ3n) is 1.92. The molecule has 0 radical (unpaired) electrons. The highest BCUT2D eigenvalue weighted by atomic mass is 79.9. The minimum Gasteiger partial charge on any atom is -0.282 e. The number of nitrogens with zero attached hydrogens (tertiary/aromatic N) is 3. The topological polar surface area (TPSA) is 30.7 Å². The molecule has 6 heteroatoms. The molecule has 0 saturated carbocycles. The van der Waals surface area contributed by atoms with Crippen LogP contribution < -0.4 is 0 Å². The molecule has 0 saturated heterocycles. The Bertz CT molecular complexity index is 464. The van der Waals surface area contributed by atoms with Crippen LogP contribution in [0.25, 0.3) is 5.69 Å². The number of para-hydroxylation sites is 1. The van der Waals surface area contributed by atoms with Crippen molar-refractivity contribution in [3.05, 3.63) is 39.3 Å². The van der Waals surface area contributed by atoms with Crippen LogP contribution in [0.15, 0.2) is 33.5 Å². The average molecular weight is 351 g/mol. The van der Waals surface area contributed by atoms with E-state index in [1.54, 1.807) is 6.33 Å². The molecule has 0 atom stereocenters. The zero-order chi connectivity index (χ0) is 10.8. The lowest BCUT2D eigenvalue weighted by Crippen LogP contribution is -2.00. The Balaban J connectivity index is 2.63. The summed E-state index contributed by atoms with van der Waals surface area (Å²) in [6, 6.07) is 5.86. The van der Waals surface area contributed by atoms with Gasteiger partial charge in [0.15, 0.2) is 5.82 Å². The van der Waals surface area contributed by atoms with Crippen LogP contribution in [0.4, 0.5) is 0 Å². The lowest BCUT2D eigenvalue weighted by atomic mass is 10.3. The summed E-state index contributed by atoms with van der Waals surface area (Å²) in [7, 11) is 0. The van der Waals surface area contributed by atoms with E-state index in [1.165, 1.54) is 0 Å². The predicted octanol–water partition coefficient (Wildman–Crippen LogP) is 3.53. The molecule has 0 aliphatic heterocycles. The molecular weight excluding hydrogens is 345 g/mol. The summed E-state index contributed by atoms with van der Waals surface area (Å²) in [6.07, 6.45) is 1.64. The van der Waals surface area contributed by atoms with Crippen molar-refractivity contribution in [2.24, 2.45) is 0 Å². The Morgan fingerprint density at radius 3 is 2.53 bits per heavy atom. The summed E-state index contributed by atoms with van der Waals surface area (Å²) < 4.78 is 3.77. The van der Waals surface area contributed by atoms with Crippen molar-refractivity contribution >= 4 is 43.5 Å². The maximum atomic E-state index is 5.77. The molecule has 1 aromatic carbocycles. The van der Waals surface area contributed by atoms with Gasteiger partial charge >= 0.3 is 0 Å². The van der Waals surface area contributed by atoms with E-state index < -0.39 is 0 Å². The van der Waals surface area contributed by atoms with Gasteiger partial charge in [-0.2, -0.15) is 0 Å². The van der Waals surface area contributed by atoms with Gasteiger partial charge in [0.1, 0.15) is 6.33 Å². The largest absolute Gasteiger partial charge is 0.282 e. The summed E-state index contributed by atoms with van der Waals surface area (Å²) in [5, 5.41) is 7.77. The minimum atomic E-state index is 0.327. The predicted molar refractivity (Wildman–Crippen MR) is 66.3 cm³/mol. The second kappa shape index (κ2) is 4.63. The van der Waals surface area contributed by atoms with Gasteiger partial charge in [0.05, 0.1) is 11.6 Å². The van der Waals surface area contributed by atoms with Crippen molar-refractivity contribution in [3.63, 3.8) is 0 Å². The van der Waals surface area contributed by atoms with Crippen molar-refractivity contribution in [3.8, 4) is 5.69 Å². The first kappa shape index (κ1) is 11.1. The van der Waals surface area contributed by atoms with Gasteiger partial charge in [-0.1, -0.05) is 6.07 Å². The normalized spacial score (nSPS) is 10.6. The Labute approximate surface area is 109 Å². The third kappa shape index (κ3) is 2.09. The van der Waals surface area contributed by atoms with Crippen LogP contribution in [0, 0.1) is 0 Å². The molecule has 0 fully saturated rings. The molecule has 0 amide bonds. The molecule has 0 aliphatic carbocycles. The van der Waals surface area contributed by atoms with E-state index in [1.807, 2.05) is 22.8 Å². The Hall–Kier alpha value is -0.390. The molecule has 0 spiro atoms. The summed E-state index contributed by atoms with van der Waals surface area (Å²) in [5.41, 5.74) is 0.957. The van der Waals surface area contributed by atoms with Crippen molar-refractivity contribution in [1.82, 2.24) is 14.8 Å². The van der Waals surface area contributed by atoms with Gasteiger partial charge in [0.25, 0.3) is 0 Å². The standard InChI is InChI=1S/C9H6Br2ClN3/c10-6-2-1-3-7(11)9(6)15-5-13-14-8(15)4-12/h1-3,5H,4H2. The zero-order valence-corrected chi connectivity index (χ0v) is 11.4. The molecule has 0 unspecified atom stereocenters. The van der Waals surface area contributed by atoms with Crippen LogP contribution in [0.5, 0.6) is 0 Å². The fourth-order valence-electron chi connectivity index (χ4n) is 1.26. The van der Waals surface area contributed by atoms with Crippen molar-refractivity contribution in [2.45, 2.75) is 5.88 Å². The van der Waals surface area contributed by atoms with Crippen LogP contribution in [0.3, 0.4) is 0 Å². The molecule has 1 aromatic heterocycles. The third-order valence-corrected chi connectivity index (χ3v) is 3.44. The molecule has 15 heavy (non-hydrogen) atoms. The van der Waals surface area contributed by atoms with Crippen molar-refractivity contribution in [1.29, 1.82) is 0 Å². The van der Waals surface area contributed by atoms with Gasteiger partial charge in [-0.15, -0.1) is 21.8 Å². The number of hydrogen-bond acceptors (Lipinski definition) is 2. The summed E-state index contributed by atoms with van der Waals surface area (Å²) >= 11 is 12.7. The summed E-state index contributed by atoms with van der Waals surface area (Å²) in [6.45, 7) is 0. The Kier molecular flexibility index (Phi) is 3.43. The second-order valence-electron chi connectivity index (χ2n) is 2.82. The fraction of sp³-hybridized carbons (Fsp3) is 0.111. The van der Waals surface area contributed by atoms with E-state index in [0.29, 0.717) is 11.7 Å². The van der Waals surface area contributed by atoms with Crippen molar-refractivity contribution in [2.75, 3.05) is 0 Å². The van der Waals surface area contributed by atoms with Gasteiger partial charge in [-0.25, -0.2) is 0 Å². The molecular formula is C9H6Br2ClN3. The number of alkyl halides is 1. The van der Waals surface area contributed by atoms with Gasteiger partial charge in [-0.05, 0) is 44.0 Å². The first-order valence-electron chi connectivity index (χ1n) is 4.13. The number of halogens is 3. The maximum absolute atomic E-state index is 5.77. The van der Waals surface area contributed by atoms with E-state index >= 15 is 0 Å². The van der Waals surface area contributed by atoms with Gasteiger partial charge in [-0.3, -0.25) is 4.57 Å². The van der Waals surface area contributed by atoms with Crippen LogP contribution in [0.2, 0.25) is 0 Å². The number of benzene rings is 1. The van der Waals surface area contributed by atoms with Gasteiger partial charge in [0, 0.05) is 8.95 Å². The molecule has 2 rings (SSSR count). The van der Waals surface area contributed by atoms with Crippen LogP contribution in [0.1, 0.15) is 5.82 Å². The zero-order valence-electron chi connectivity index (χ0n) is 7.49. The Morgan fingerprint density at radius 1 is 1.27 bits per heavy atom.